The summed E-state index contributed by atoms with van der Waals surface area (Å²) in [5.74, 6) is -2.69. The molecule has 0 spiro atoms. The first kappa shape index (κ1) is 27.3. The van der Waals surface area contributed by atoms with Gasteiger partial charge in [0.2, 0.25) is 0 Å². The Kier molecular flexibility index (Phi) is 10.5. The molecule has 11 nitrogen and oxygen atoms in total. The number of carbonyl (C=O) groups is 4. The van der Waals surface area contributed by atoms with Crippen LogP contribution in [0.3, 0.4) is 0 Å². The van der Waals surface area contributed by atoms with Crippen LogP contribution in [0.4, 0.5) is 0 Å². The number of esters is 4. The number of carbonyl (C=O) groups excluding carboxylic acids is 4. The fourth-order valence-corrected chi connectivity index (χ4v) is 5.61. The predicted octanol–water partition coefficient (Wildman–Crippen LogP) is 0.804. The Morgan fingerprint density at radius 3 is 1.97 bits per heavy atom. The van der Waals surface area contributed by atoms with Gasteiger partial charge in [-0.2, -0.15) is 0 Å². The van der Waals surface area contributed by atoms with E-state index < -0.39 is 68.3 Å². The van der Waals surface area contributed by atoms with Crippen molar-refractivity contribution in [3.63, 3.8) is 0 Å². The summed E-state index contributed by atoms with van der Waals surface area (Å²) in [5, 5.41) is 12.1. The summed E-state index contributed by atoms with van der Waals surface area (Å²) in [6.45, 7) is 4.37. The van der Waals surface area contributed by atoms with Crippen molar-refractivity contribution in [1.29, 1.82) is 0 Å². The van der Waals surface area contributed by atoms with Crippen LogP contribution in [0.1, 0.15) is 33.3 Å². The van der Waals surface area contributed by atoms with Crippen LogP contribution in [0.5, 0.6) is 0 Å². The topological polar surface area (TPSA) is 147 Å². The Morgan fingerprint density at radius 2 is 1.44 bits per heavy atom. The van der Waals surface area contributed by atoms with Gasteiger partial charge < -0.3 is 0 Å². The first-order valence-corrected chi connectivity index (χ1v) is 12.2. The third-order valence-corrected chi connectivity index (χ3v) is 6.84. The molecular formula is C22H27NO10Se. The molecule has 0 radical (unpaired) electrons. The Balaban J connectivity index is 2.41. The maximum absolute atomic E-state index is 11.9. The van der Waals surface area contributed by atoms with Crippen molar-refractivity contribution >= 4 is 43.4 Å². The SMILES string of the molecule is CC(=O)OC[C@H]1O[C@@H]([Se]/C(Cc2ccccc2)=N\O)[C@H](OC(C)=O)[C@@H](OC(C)=O)[C@@H]1OC(C)=O. The van der Waals surface area contributed by atoms with E-state index in [1.807, 2.05) is 30.3 Å². The molecule has 1 aliphatic rings. The molecule has 12 heteroatoms. The van der Waals surface area contributed by atoms with E-state index in [2.05, 4.69) is 5.16 Å². The van der Waals surface area contributed by atoms with E-state index in [4.69, 9.17) is 23.7 Å². The average molecular weight is 544 g/mol. The van der Waals surface area contributed by atoms with E-state index in [1.54, 1.807) is 0 Å². The summed E-state index contributed by atoms with van der Waals surface area (Å²) >= 11 is -0.737. The summed E-state index contributed by atoms with van der Waals surface area (Å²) in [6, 6.07) is 9.24. The minimum atomic E-state index is -1.25. The van der Waals surface area contributed by atoms with E-state index in [1.165, 1.54) is 13.8 Å². The van der Waals surface area contributed by atoms with Gasteiger partial charge in [0.25, 0.3) is 0 Å². The quantitative estimate of drug-likeness (QED) is 0.118. The molecular weight excluding hydrogens is 517 g/mol. The molecule has 1 fully saturated rings. The molecule has 5 atom stereocenters. The molecule has 0 unspecified atom stereocenters. The summed E-state index contributed by atoms with van der Waals surface area (Å²) in [7, 11) is 0. The van der Waals surface area contributed by atoms with E-state index in [0.717, 1.165) is 19.4 Å². The van der Waals surface area contributed by atoms with Crippen LogP contribution < -0.4 is 0 Å². The van der Waals surface area contributed by atoms with Crippen molar-refractivity contribution in [2.75, 3.05) is 6.61 Å². The fraction of sp³-hybridized carbons (Fsp3) is 0.500. The van der Waals surface area contributed by atoms with Crippen molar-refractivity contribution in [3.05, 3.63) is 35.9 Å². The van der Waals surface area contributed by atoms with Gasteiger partial charge in [0.15, 0.2) is 0 Å². The number of benzene rings is 1. The molecule has 0 aromatic heterocycles. The second-order valence-electron chi connectivity index (χ2n) is 7.34. The summed E-state index contributed by atoms with van der Waals surface area (Å²) in [4.78, 5) is 47.0. The van der Waals surface area contributed by atoms with E-state index in [9.17, 15) is 24.4 Å². The summed E-state index contributed by atoms with van der Waals surface area (Å²) in [6.07, 6.45) is -4.38. The number of rotatable bonds is 9. The molecule has 0 bridgehead atoms. The zero-order valence-corrected chi connectivity index (χ0v) is 20.9. The van der Waals surface area contributed by atoms with Gasteiger partial charge in [0.1, 0.15) is 0 Å². The third-order valence-electron chi connectivity index (χ3n) is 4.51. The van der Waals surface area contributed by atoms with E-state index in [0.29, 0.717) is 11.0 Å². The van der Waals surface area contributed by atoms with Crippen molar-refractivity contribution in [1.82, 2.24) is 0 Å². The Morgan fingerprint density at radius 1 is 0.882 bits per heavy atom. The maximum atomic E-state index is 11.9. The molecule has 0 aliphatic carbocycles. The van der Waals surface area contributed by atoms with Crippen LogP contribution in [0.15, 0.2) is 35.5 Å². The van der Waals surface area contributed by atoms with Gasteiger partial charge in [-0.25, -0.2) is 0 Å². The third kappa shape index (κ3) is 8.44. The monoisotopic (exact) mass is 545 g/mol. The molecule has 1 aromatic rings. The van der Waals surface area contributed by atoms with Crippen molar-refractivity contribution in [2.45, 2.75) is 63.5 Å². The zero-order valence-electron chi connectivity index (χ0n) is 19.2. The molecule has 34 heavy (non-hydrogen) atoms. The molecule has 1 N–H and O–H groups in total. The number of hydrogen-bond acceptors (Lipinski definition) is 11. The zero-order chi connectivity index (χ0) is 25.3. The molecule has 0 saturated carbocycles. The molecule has 1 saturated heterocycles. The van der Waals surface area contributed by atoms with Crippen molar-refractivity contribution in [2.24, 2.45) is 5.16 Å². The standard InChI is InChI=1S/C22H27NO10Se/c1-12(24)29-11-17-19(30-13(2)25)20(31-14(3)26)21(32-15(4)27)22(33-17)34-18(23-28)10-16-8-6-5-7-9-16/h5-9,17,19-22,28H,10-11H2,1-4H3/b23-18-/t17-,19-,20+,21-,22+/m1/s1. The van der Waals surface area contributed by atoms with Crippen LogP contribution in [-0.2, 0) is 49.3 Å². The van der Waals surface area contributed by atoms with Crippen LogP contribution >= 0.6 is 0 Å². The van der Waals surface area contributed by atoms with Gasteiger partial charge in [0, 0.05) is 0 Å². The van der Waals surface area contributed by atoms with E-state index >= 15 is 0 Å². The summed E-state index contributed by atoms with van der Waals surface area (Å²) < 4.78 is 27.7. The van der Waals surface area contributed by atoms with Crippen LogP contribution in [0.2, 0.25) is 0 Å². The first-order chi connectivity index (χ1) is 16.1. The van der Waals surface area contributed by atoms with Gasteiger partial charge >= 0.3 is 203 Å². The molecule has 186 valence electrons. The second-order valence-corrected chi connectivity index (χ2v) is 9.80. The Hall–Kier alpha value is -2.95. The molecule has 1 aliphatic heterocycles. The van der Waals surface area contributed by atoms with Gasteiger partial charge in [-0.3, -0.25) is 0 Å². The molecule has 0 amide bonds. The van der Waals surface area contributed by atoms with Crippen molar-refractivity contribution in [3.8, 4) is 0 Å². The minimum absolute atomic E-state index is 0.296. The number of hydrogen-bond donors (Lipinski definition) is 1. The predicted molar refractivity (Wildman–Crippen MR) is 117 cm³/mol. The van der Waals surface area contributed by atoms with Gasteiger partial charge in [-0.1, -0.05) is 0 Å². The second kappa shape index (κ2) is 13.1. The van der Waals surface area contributed by atoms with Crippen molar-refractivity contribution < 1.29 is 48.1 Å². The van der Waals surface area contributed by atoms with Crippen LogP contribution in [0, 0.1) is 0 Å². The fourth-order valence-electron chi connectivity index (χ4n) is 3.29. The number of ether oxygens (including phenoxy) is 5. The number of oxime groups is 1. The van der Waals surface area contributed by atoms with Gasteiger partial charge in [0.05, 0.1) is 0 Å². The molecule has 2 rings (SSSR count). The Labute approximate surface area is 202 Å². The summed E-state index contributed by atoms with van der Waals surface area (Å²) in [5.41, 5.74) is 0.878. The average Bonchev–Trinajstić information content (AvgIpc) is 2.75. The van der Waals surface area contributed by atoms with E-state index in [-0.39, 0.29) is 6.61 Å². The molecule has 1 heterocycles. The first-order valence-electron chi connectivity index (χ1n) is 10.3. The van der Waals surface area contributed by atoms with Gasteiger partial charge in [-0.05, 0) is 0 Å². The number of nitrogens with zero attached hydrogens (tertiary/aromatic N) is 1. The van der Waals surface area contributed by atoms with Crippen LogP contribution in [-0.4, -0.2) is 84.7 Å². The van der Waals surface area contributed by atoms with Gasteiger partial charge in [-0.15, -0.1) is 0 Å². The molecule has 1 aromatic carbocycles. The Bertz CT molecular complexity index is 906. The van der Waals surface area contributed by atoms with Crippen LogP contribution in [0.25, 0.3) is 0 Å². The normalized spacial score (nSPS) is 24.6.